The van der Waals surface area contributed by atoms with Crippen molar-refractivity contribution in [2.75, 3.05) is 26.0 Å². The molecule has 0 aliphatic carbocycles. The Morgan fingerprint density at radius 2 is 2.15 bits per heavy atom. The number of halogens is 1. The molecule has 0 bridgehead atoms. The number of methoxy groups -OCH3 is 1. The summed E-state index contributed by atoms with van der Waals surface area (Å²) in [5, 5.41) is 5.25. The molecule has 6 nitrogen and oxygen atoms in total. The summed E-state index contributed by atoms with van der Waals surface area (Å²) in [7, 11) is 1.55. The van der Waals surface area contributed by atoms with Gasteiger partial charge in [-0.25, -0.2) is 0 Å². The van der Waals surface area contributed by atoms with Crippen LogP contribution >= 0.6 is 15.9 Å². The first kappa shape index (κ1) is 16.5. The van der Waals surface area contributed by atoms with Crippen molar-refractivity contribution in [2.45, 2.75) is 13.0 Å². The predicted molar refractivity (Wildman–Crippen MR) is 80.4 cm³/mol. The van der Waals surface area contributed by atoms with Crippen molar-refractivity contribution in [1.82, 2.24) is 10.6 Å². The van der Waals surface area contributed by atoms with Crippen LogP contribution in [0.1, 0.15) is 17.3 Å². The number of carbonyl (C=O) groups is 2. The van der Waals surface area contributed by atoms with Crippen molar-refractivity contribution < 1.29 is 14.3 Å². The summed E-state index contributed by atoms with van der Waals surface area (Å²) >= 11 is 3.27. The van der Waals surface area contributed by atoms with Gasteiger partial charge in [0.05, 0.1) is 12.2 Å². The highest BCUT2D eigenvalue weighted by Gasteiger charge is 2.17. The molecular formula is C13H18BrN3O3. The maximum atomic E-state index is 12.0. The molecule has 0 heterocycles. The molecule has 4 N–H and O–H groups in total. The molecule has 0 aliphatic heterocycles. The minimum absolute atomic E-state index is 0.274. The lowest BCUT2D eigenvalue weighted by Gasteiger charge is -2.15. The Morgan fingerprint density at radius 1 is 1.45 bits per heavy atom. The van der Waals surface area contributed by atoms with Crippen LogP contribution in [0.5, 0.6) is 0 Å². The van der Waals surface area contributed by atoms with Crippen LogP contribution < -0.4 is 16.4 Å². The van der Waals surface area contributed by atoms with Gasteiger partial charge in [-0.1, -0.05) is 15.9 Å². The molecule has 0 aliphatic rings. The molecule has 1 aromatic carbocycles. The molecule has 0 radical (unpaired) electrons. The number of ether oxygens (including phenoxy) is 1. The summed E-state index contributed by atoms with van der Waals surface area (Å²) < 4.78 is 5.57. The first-order valence-electron chi connectivity index (χ1n) is 6.08. The number of hydrogen-bond donors (Lipinski definition) is 3. The van der Waals surface area contributed by atoms with Gasteiger partial charge in [0, 0.05) is 23.8 Å². The molecule has 1 atom stereocenters. The Morgan fingerprint density at radius 3 is 2.80 bits per heavy atom. The van der Waals surface area contributed by atoms with E-state index >= 15 is 0 Å². The zero-order valence-electron chi connectivity index (χ0n) is 11.4. The number of nitrogen functional groups attached to an aromatic ring is 1. The van der Waals surface area contributed by atoms with E-state index in [2.05, 4.69) is 26.6 Å². The average molecular weight is 344 g/mol. The largest absolute Gasteiger partial charge is 0.398 e. The van der Waals surface area contributed by atoms with E-state index in [0.29, 0.717) is 24.4 Å². The number of amides is 2. The number of anilines is 1. The number of benzene rings is 1. The SMILES string of the molecule is COCCNC(=O)C(C)NC(=O)c1cc(Br)ccc1N. The Hall–Kier alpha value is -1.60. The molecule has 0 aromatic heterocycles. The third-order valence-corrected chi connectivity index (χ3v) is 3.10. The monoisotopic (exact) mass is 343 g/mol. The van der Waals surface area contributed by atoms with Crippen LogP contribution in [-0.4, -0.2) is 38.1 Å². The number of rotatable bonds is 6. The van der Waals surface area contributed by atoms with Crippen molar-refractivity contribution >= 4 is 33.4 Å². The lowest BCUT2D eigenvalue weighted by atomic mass is 10.1. The highest BCUT2D eigenvalue weighted by molar-refractivity contribution is 9.10. The van der Waals surface area contributed by atoms with Gasteiger partial charge in [-0.3, -0.25) is 9.59 Å². The van der Waals surface area contributed by atoms with Gasteiger partial charge >= 0.3 is 0 Å². The molecule has 20 heavy (non-hydrogen) atoms. The molecule has 110 valence electrons. The van der Waals surface area contributed by atoms with Crippen LogP contribution in [0.15, 0.2) is 22.7 Å². The molecule has 0 fully saturated rings. The Labute approximate surface area is 126 Å². The zero-order valence-corrected chi connectivity index (χ0v) is 13.0. The van der Waals surface area contributed by atoms with Gasteiger partial charge in [0.1, 0.15) is 6.04 Å². The highest BCUT2D eigenvalue weighted by Crippen LogP contribution is 2.18. The average Bonchev–Trinajstić information content (AvgIpc) is 2.41. The maximum Gasteiger partial charge on any atom is 0.254 e. The lowest BCUT2D eigenvalue weighted by molar-refractivity contribution is -0.122. The van der Waals surface area contributed by atoms with Gasteiger partial charge in [-0.05, 0) is 25.1 Å². The van der Waals surface area contributed by atoms with Crippen molar-refractivity contribution in [2.24, 2.45) is 0 Å². The molecule has 0 saturated carbocycles. The molecule has 2 amide bonds. The van der Waals surface area contributed by atoms with Gasteiger partial charge in [0.15, 0.2) is 0 Å². The van der Waals surface area contributed by atoms with Crippen LogP contribution in [0.2, 0.25) is 0 Å². The Balaban J connectivity index is 2.61. The number of nitrogens with two attached hydrogens (primary N) is 1. The first-order valence-corrected chi connectivity index (χ1v) is 6.87. The second kappa shape index (κ2) is 7.86. The zero-order chi connectivity index (χ0) is 15.1. The first-order chi connectivity index (χ1) is 9.45. The summed E-state index contributed by atoms with van der Waals surface area (Å²) in [6.45, 7) is 2.42. The van der Waals surface area contributed by atoms with E-state index in [-0.39, 0.29) is 5.91 Å². The Bertz CT molecular complexity index is 494. The minimum Gasteiger partial charge on any atom is -0.398 e. The molecule has 1 rings (SSSR count). The number of nitrogens with one attached hydrogen (secondary N) is 2. The van der Waals surface area contributed by atoms with Crippen LogP contribution in [0.4, 0.5) is 5.69 Å². The van der Waals surface area contributed by atoms with E-state index < -0.39 is 11.9 Å². The van der Waals surface area contributed by atoms with E-state index in [0.717, 1.165) is 4.47 Å². The van der Waals surface area contributed by atoms with E-state index in [1.807, 2.05) is 0 Å². The van der Waals surface area contributed by atoms with Crippen LogP contribution in [0, 0.1) is 0 Å². The third kappa shape index (κ3) is 4.82. The summed E-state index contributed by atoms with van der Waals surface area (Å²) in [5.74, 6) is -0.665. The van der Waals surface area contributed by atoms with Crippen molar-refractivity contribution in [3.8, 4) is 0 Å². The van der Waals surface area contributed by atoms with Gasteiger partial charge < -0.3 is 21.1 Å². The fraction of sp³-hybridized carbons (Fsp3) is 0.385. The van der Waals surface area contributed by atoms with Gasteiger partial charge in [-0.2, -0.15) is 0 Å². The Kier molecular flexibility index (Phi) is 6.47. The van der Waals surface area contributed by atoms with Crippen LogP contribution in [0.3, 0.4) is 0 Å². The lowest BCUT2D eigenvalue weighted by Crippen LogP contribution is -2.45. The summed E-state index contributed by atoms with van der Waals surface area (Å²) in [4.78, 5) is 23.8. The standard InChI is InChI=1S/C13H18BrN3O3/c1-8(12(18)16-5-6-20-2)17-13(19)10-7-9(14)3-4-11(10)15/h3-4,7-8H,5-6,15H2,1-2H3,(H,16,18)(H,17,19). The van der Waals surface area contributed by atoms with Crippen LogP contribution in [-0.2, 0) is 9.53 Å². The molecule has 0 spiro atoms. The van der Waals surface area contributed by atoms with E-state index in [4.69, 9.17) is 10.5 Å². The second-order valence-corrected chi connectivity index (χ2v) is 5.13. The summed E-state index contributed by atoms with van der Waals surface area (Å²) in [5.41, 5.74) is 6.43. The molecule has 1 aromatic rings. The fourth-order valence-electron chi connectivity index (χ4n) is 1.49. The van der Waals surface area contributed by atoms with E-state index in [9.17, 15) is 9.59 Å². The molecule has 1 unspecified atom stereocenters. The highest BCUT2D eigenvalue weighted by atomic mass is 79.9. The fourth-order valence-corrected chi connectivity index (χ4v) is 1.86. The number of carbonyl (C=O) groups excluding carboxylic acids is 2. The van der Waals surface area contributed by atoms with Crippen LogP contribution in [0.25, 0.3) is 0 Å². The van der Waals surface area contributed by atoms with Crippen molar-refractivity contribution in [3.05, 3.63) is 28.2 Å². The summed E-state index contributed by atoms with van der Waals surface area (Å²) in [6.07, 6.45) is 0. The summed E-state index contributed by atoms with van der Waals surface area (Å²) in [6, 6.07) is 4.33. The van der Waals surface area contributed by atoms with Crippen molar-refractivity contribution in [3.63, 3.8) is 0 Å². The molecular weight excluding hydrogens is 326 g/mol. The van der Waals surface area contributed by atoms with E-state index in [1.54, 1.807) is 32.2 Å². The molecule has 0 saturated heterocycles. The maximum absolute atomic E-state index is 12.0. The van der Waals surface area contributed by atoms with Gasteiger partial charge in [0.25, 0.3) is 5.91 Å². The molecule has 7 heteroatoms. The third-order valence-electron chi connectivity index (χ3n) is 2.61. The topological polar surface area (TPSA) is 93.5 Å². The quantitative estimate of drug-likeness (QED) is 0.528. The van der Waals surface area contributed by atoms with Crippen molar-refractivity contribution in [1.29, 1.82) is 0 Å². The minimum atomic E-state index is -0.655. The normalized spacial score (nSPS) is 11.8. The second-order valence-electron chi connectivity index (χ2n) is 4.21. The van der Waals surface area contributed by atoms with Gasteiger partial charge in [0.2, 0.25) is 5.91 Å². The van der Waals surface area contributed by atoms with E-state index in [1.165, 1.54) is 0 Å². The number of hydrogen-bond acceptors (Lipinski definition) is 4. The smallest absolute Gasteiger partial charge is 0.254 e. The van der Waals surface area contributed by atoms with Gasteiger partial charge in [-0.15, -0.1) is 0 Å². The predicted octanol–water partition coefficient (Wildman–Crippen LogP) is 0.912.